The molecule has 0 saturated heterocycles. The number of aliphatic carboxylic acids is 1. The highest BCUT2D eigenvalue weighted by atomic mass is 19.3. The van der Waals surface area contributed by atoms with Gasteiger partial charge in [-0.3, -0.25) is 4.79 Å². The van der Waals surface area contributed by atoms with Crippen LogP contribution in [0.15, 0.2) is 0 Å². The first kappa shape index (κ1) is 11.4. The topological polar surface area (TPSA) is 37.3 Å². The Morgan fingerprint density at radius 2 is 2.00 bits per heavy atom. The zero-order valence-electron chi connectivity index (χ0n) is 8.30. The number of rotatable bonds is 3. The van der Waals surface area contributed by atoms with Crippen molar-refractivity contribution in [3.63, 3.8) is 0 Å². The minimum Gasteiger partial charge on any atom is -0.481 e. The summed E-state index contributed by atoms with van der Waals surface area (Å²) in [5.41, 5.74) is 0. The molecule has 0 aliphatic heterocycles. The van der Waals surface area contributed by atoms with Crippen molar-refractivity contribution in [1.82, 2.24) is 0 Å². The Hall–Kier alpha value is -0.670. The van der Waals surface area contributed by atoms with Gasteiger partial charge in [-0.25, -0.2) is 8.78 Å². The normalized spacial score (nSPS) is 24.5. The summed E-state index contributed by atoms with van der Waals surface area (Å²) in [6, 6.07) is 0. The molecular formula is C10H16F2O2. The van der Waals surface area contributed by atoms with Crippen LogP contribution in [-0.2, 0) is 4.79 Å². The standard InChI is InChI=1S/C10H16F2O2/c1-2-8(9(13)14)7-3-5-10(11,12)6-4-7/h7-8H,2-6H2,1H3,(H,13,14). The number of carboxylic acids is 1. The lowest BCUT2D eigenvalue weighted by molar-refractivity contribution is -0.146. The van der Waals surface area contributed by atoms with Gasteiger partial charge < -0.3 is 5.11 Å². The Kier molecular flexibility index (Phi) is 3.45. The smallest absolute Gasteiger partial charge is 0.306 e. The van der Waals surface area contributed by atoms with E-state index in [9.17, 15) is 13.6 Å². The van der Waals surface area contributed by atoms with Crippen LogP contribution < -0.4 is 0 Å². The van der Waals surface area contributed by atoms with Crippen LogP contribution >= 0.6 is 0 Å². The van der Waals surface area contributed by atoms with Gasteiger partial charge in [-0.1, -0.05) is 6.92 Å². The molecule has 82 valence electrons. The minimum atomic E-state index is -2.56. The van der Waals surface area contributed by atoms with Crippen LogP contribution in [-0.4, -0.2) is 17.0 Å². The Bertz CT molecular complexity index is 206. The fourth-order valence-corrected chi connectivity index (χ4v) is 2.17. The average Bonchev–Trinajstić information content (AvgIpc) is 2.08. The van der Waals surface area contributed by atoms with Crippen molar-refractivity contribution in [2.75, 3.05) is 0 Å². The molecule has 4 heteroatoms. The van der Waals surface area contributed by atoms with Gasteiger partial charge in [0, 0.05) is 12.8 Å². The zero-order chi connectivity index (χ0) is 10.8. The summed E-state index contributed by atoms with van der Waals surface area (Å²) in [6.07, 6.45) is 0.921. The van der Waals surface area contributed by atoms with E-state index in [1.165, 1.54) is 0 Å². The maximum Gasteiger partial charge on any atom is 0.306 e. The van der Waals surface area contributed by atoms with E-state index in [0.29, 0.717) is 19.3 Å². The van der Waals surface area contributed by atoms with Crippen molar-refractivity contribution in [3.05, 3.63) is 0 Å². The molecule has 1 rings (SSSR count). The van der Waals surface area contributed by atoms with Crippen molar-refractivity contribution >= 4 is 5.97 Å². The van der Waals surface area contributed by atoms with E-state index in [0.717, 1.165) is 0 Å². The highest BCUT2D eigenvalue weighted by Crippen LogP contribution is 2.39. The molecule has 0 aromatic heterocycles. The summed E-state index contributed by atoms with van der Waals surface area (Å²) >= 11 is 0. The summed E-state index contributed by atoms with van der Waals surface area (Å²) in [5.74, 6) is -3.90. The second-order valence-corrected chi connectivity index (χ2v) is 4.05. The molecular weight excluding hydrogens is 190 g/mol. The Labute approximate surface area is 82.3 Å². The summed E-state index contributed by atoms with van der Waals surface area (Å²) in [4.78, 5) is 10.8. The van der Waals surface area contributed by atoms with Crippen LogP contribution in [0.1, 0.15) is 39.0 Å². The molecule has 1 aliphatic carbocycles. The molecule has 1 unspecified atom stereocenters. The summed E-state index contributed by atoms with van der Waals surface area (Å²) in [6.45, 7) is 1.80. The van der Waals surface area contributed by atoms with Gasteiger partial charge in [-0.15, -0.1) is 0 Å². The molecule has 1 fully saturated rings. The van der Waals surface area contributed by atoms with Crippen LogP contribution in [0.4, 0.5) is 8.78 Å². The number of alkyl halides is 2. The van der Waals surface area contributed by atoms with E-state index in [1.807, 2.05) is 0 Å². The fraction of sp³-hybridized carbons (Fsp3) is 0.900. The summed E-state index contributed by atoms with van der Waals surface area (Å²) < 4.78 is 25.6. The number of hydrogen-bond donors (Lipinski definition) is 1. The molecule has 1 aliphatic rings. The van der Waals surface area contributed by atoms with E-state index in [1.54, 1.807) is 6.92 Å². The van der Waals surface area contributed by atoms with Gasteiger partial charge in [0.2, 0.25) is 5.92 Å². The fourth-order valence-electron chi connectivity index (χ4n) is 2.17. The highest BCUT2D eigenvalue weighted by Gasteiger charge is 2.38. The van der Waals surface area contributed by atoms with Gasteiger partial charge in [0.05, 0.1) is 5.92 Å². The Morgan fingerprint density at radius 1 is 1.50 bits per heavy atom. The lowest BCUT2D eigenvalue weighted by Crippen LogP contribution is -2.31. The van der Waals surface area contributed by atoms with E-state index in [2.05, 4.69) is 0 Å². The first-order valence-corrected chi connectivity index (χ1v) is 5.07. The van der Waals surface area contributed by atoms with Crippen LogP contribution in [0, 0.1) is 11.8 Å². The maximum atomic E-state index is 12.8. The Morgan fingerprint density at radius 3 is 2.36 bits per heavy atom. The molecule has 0 radical (unpaired) electrons. The molecule has 1 N–H and O–H groups in total. The third kappa shape index (κ3) is 2.66. The second-order valence-electron chi connectivity index (χ2n) is 4.05. The predicted molar refractivity (Wildman–Crippen MR) is 48.3 cm³/mol. The summed E-state index contributed by atoms with van der Waals surface area (Å²) in [7, 11) is 0. The van der Waals surface area contributed by atoms with Crippen molar-refractivity contribution in [3.8, 4) is 0 Å². The van der Waals surface area contributed by atoms with Gasteiger partial charge in [0.15, 0.2) is 0 Å². The average molecular weight is 206 g/mol. The third-order valence-corrected chi connectivity index (χ3v) is 3.09. The largest absolute Gasteiger partial charge is 0.481 e. The number of carboxylic acid groups (broad SMARTS) is 1. The predicted octanol–water partition coefficient (Wildman–Crippen LogP) is 2.92. The molecule has 0 aromatic carbocycles. The molecule has 1 saturated carbocycles. The SMILES string of the molecule is CCC(C(=O)O)C1CCC(F)(F)CC1. The molecule has 0 aromatic rings. The second kappa shape index (κ2) is 4.24. The van der Waals surface area contributed by atoms with Gasteiger partial charge >= 0.3 is 5.97 Å². The molecule has 0 bridgehead atoms. The van der Waals surface area contributed by atoms with Gasteiger partial charge in [-0.05, 0) is 25.2 Å². The quantitative estimate of drug-likeness (QED) is 0.770. The van der Waals surface area contributed by atoms with Crippen LogP contribution in [0.3, 0.4) is 0 Å². The van der Waals surface area contributed by atoms with Gasteiger partial charge in [0.25, 0.3) is 0 Å². The van der Waals surface area contributed by atoms with Crippen molar-refractivity contribution < 1.29 is 18.7 Å². The summed E-state index contributed by atoms with van der Waals surface area (Å²) in [5, 5.41) is 8.87. The van der Waals surface area contributed by atoms with E-state index >= 15 is 0 Å². The maximum absolute atomic E-state index is 12.8. The number of carbonyl (C=O) groups is 1. The molecule has 2 nitrogen and oxygen atoms in total. The van der Waals surface area contributed by atoms with E-state index in [-0.39, 0.29) is 18.8 Å². The highest BCUT2D eigenvalue weighted by molar-refractivity contribution is 5.70. The molecule has 14 heavy (non-hydrogen) atoms. The Balaban J connectivity index is 2.51. The van der Waals surface area contributed by atoms with Crippen molar-refractivity contribution in [1.29, 1.82) is 0 Å². The molecule has 0 spiro atoms. The van der Waals surface area contributed by atoms with Crippen LogP contribution in [0.25, 0.3) is 0 Å². The molecule has 0 heterocycles. The van der Waals surface area contributed by atoms with E-state index < -0.39 is 17.8 Å². The molecule has 0 amide bonds. The first-order valence-electron chi connectivity index (χ1n) is 5.07. The van der Waals surface area contributed by atoms with Gasteiger partial charge in [-0.2, -0.15) is 0 Å². The van der Waals surface area contributed by atoms with E-state index in [4.69, 9.17) is 5.11 Å². The van der Waals surface area contributed by atoms with Crippen LogP contribution in [0.2, 0.25) is 0 Å². The van der Waals surface area contributed by atoms with Crippen LogP contribution in [0.5, 0.6) is 0 Å². The zero-order valence-corrected chi connectivity index (χ0v) is 8.30. The third-order valence-electron chi connectivity index (χ3n) is 3.09. The first-order chi connectivity index (χ1) is 6.46. The van der Waals surface area contributed by atoms with Crippen molar-refractivity contribution in [2.24, 2.45) is 11.8 Å². The monoisotopic (exact) mass is 206 g/mol. The number of halogens is 2. The lowest BCUT2D eigenvalue weighted by Gasteiger charge is -2.31. The van der Waals surface area contributed by atoms with Crippen molar-refractivity contribution in [2.45, 2.75) is 45.0 Å². The number of hydrogen-bond acceptors (Lipinski definition) is 1. The lowest BCUT2D eigenvalue weighted by atomic mass is 9.77. The van der Waals surface area contributed by atoms with Gasteiger partial charge in [0.1, 0.15) is 0 Å². The minimum absolute atomic E-state index is 0.0582. The molecule has 1 atom stereocenters.